The van der Waals surface area contributed by atoms with Crippen LogP contribution < -0.4 is 4.90 Å². The molecule has 2 amide bonds. The first kappa shape index (κ1) is 27.4. The summed E-state index contributed by atoms with van der Waals surface area (Å²) in [6.07, 6.45) is -13.4. The molecule has 0 saturated heterocycles. The highest BCUT2D eigenvalue weighted by atomic mass is 28.4. The van der Waals surface area contributed by atoms with Gasteiger partial charge < -0.3 is 4.43 Å². The molecule has 180 valence electrons. The van der Waals surface area contributed by atoms with Crippen molar-refractivity contribution in [1.29, 1.82) is 0 Å². The summed E-state index contributed by atoms with van der Waals surface area (Å²) in [4.78, 5) is 33.7. The molecule has 5 nitrogen and oxygen atoms in total. The second kappa shape index (κ2) is 8.36. The number of hydrogen-bond acceptors (Lipinski definition) is 4. The highest BCUT2D eigenvalue weighted by molar-refractivity contribution is 6.71. The Morgan fingerprint density at radius 1 is 0.719 bits per heavy atom. The first-order chi connectivity index (χ1) is 14.0. The highest BCUT2D eigenvalue weighted by Crippen LogP contribution is 2.42. The van der Waals surface area contributed by atoms with E-state index in [4.69, 9.17) is 4.43 Å². The first-order valence-electron chi connectivity index (χ1n) is 8.15. The van der Waals surface area contributed by atoms with Gasteiger partial charge in [0.1, 0.15) is 0 Å². The summed E-state index contributed by atoms with van der Waals surface area (Å²) in [5.41, 5.74) is -1.92. The minimum atomic E-state index is -6.72. The Bertz CT molecular complexity index is 850. The van der Waals surface area contributed by atoms with E-state index in [1.807, 2.05) is 0 Å². The van der Waals surface area contributed by atoms with Gasteiger partial charge in [0.15, 0.2) is 0 Å². The predicted octanol–water partition coefficient (Wildman–Crippen LogP) is 4.93. The number of nitrogens with zero attached hydrogens (tertiary/aromatic N) is 1. The van der Waals surface area contributed by atoms with Crippen LogP contribution in [0.5, 0.6) is 0 Å². The van der Waals surface area contributed by atoms with E-state index >= 15 is 0 Å². The summed E-state index contributed by atoms with van der Waals surface area (Å²) >= 11 is 0. The fourth-order valence-electron chi connectivity index (χ4n) is 1.93. The summed E-state index contributed by atoms with van der Waals surface area (Å²) in [6.45, 7) is 4.70. The van der Waals surface area contributed by atoms with Gasteiger partial charge in [-0.2, -0.15) is 43.9 Å². The van der Waals surface area contributed by atoms with Crippen LogP contribution in [-0.2, 0) is 14.0 Å². The number of carbonyl (C=O) groups is 3. The third-order valence-electron chi connectivity index (χ3n) is 3.42. The van der Waals surface area contributed by atoms with Gasteiger partial charge in [-0.25, -0.2) is 9.69 Å². The summed E-state index contributed by atoms with van der Waals surface area (Å²) in [5, 5.41) is 0. The maximum atomic E-state index is 13.4. The molecular formula is C16H13F10NO4Si. The standard InChI is InChI=1S/C16H13F10NO4Si/c1-32(2,3)31-10(28)8-4-6-9(7-5-8)27(11(29)13(17,18)15(21,22)23)12(30)14(19,20)16(24,25)26/h4-7H,1-3H3. The third kappa shape index (κ3) is 5.58. The predicted molar refractivity (Wildman–Crippen MR) is 89.7 cm³/mol. The molecule has 1 rings (SSSR count). The SMILES string of the molecule is C[Si](C)(C)OC(=O)c1ccc(N(C(=O)C(F)(F)C(F)(F)F)C(=O)C(F)(F)C(F)(F)F)cc1. The van der Waals surface area contributed by atoms with Crippen LogP contribution in [0.25, 0.3) is 0 Å². The molecule has 0 spiro atoms. The van der Waals surface area contributed by atoms with Crippen molar-refractivity contribution in [2.24, 2.45) is 0 Å². The number of benzene rings is 1. The van der Waals surface area contributed by atoms with Crippen LogP contribution in [0.2, 0.25) is 19.6 Å². The van der Waals surface area contributed by atoms with Crippen molar-refractivity contribution < 1.29 is 62.7 Å². The Morgan fingerprint density at radius 2 is 1.06 bits per heavy atom. The van der Waals surface area contributed by atoms with Gasteiger partial charge in [-0.1, -0.05) is 0 Å². The van der Waals surface area contributed by atoms with Crippen molar-refractivity contribution >= 4 is 31.8 Å². The molecule has 0 aliphatic heterocycles. The summed E-state index contributed by atoms with van der Waals surface area (Å²) < 4.78 is 134. The van der Waals surface area contributed by atoms with Gasteiger partial charge in [-0.3, -0.25) is 9.59 Å². The molecule has 32 heavy (non-hydrogen) atoms. The largest absolute Gasteiger partial charge is 0.516 e. The molecule has 0 saturated carbocycles. The summed E-state index contributed by atoms with van der Waals surface area (Å²) in [7, 11) is -2.48. The minimum absolute atomic E-state index is 0.259. The molecule has 0 aromatic heterocycles. The first-order valence-corrected chi connectivity index (χ1v) is 11.6. The molecule has 0 radical (unpaired) electrons. The number of imide groups is 1. The fraction of sp³-hybridized carbons (Fsp3) is 0.438. The second-order valence-electron chi connectivity index (χ2n) is 7.14. The van der Waals surface area contributed by atoms with Gasteiger partial charge in [0.2, 0.25) is 8.32 Å². The van der Waals surface area contributed by atoms with Crippen molar-refractivity contribution in [3.05, 3.63) is 29.8 Å². The van der Waals surface area contributed by atoms with Crippen LogP contribution in [0.15, 0.2) is 24.3 Å². The van der Waals surface area contributed by atoms with E-state index < -0.39 is 66.4 Å². The van der Waals surface area contributed by atoms with Crippen molar-refractivity contribution in [3.8, 4) is 0 Å². The minimum Gasteiger partial charge on any atom is -0.516 e. The van der Waals surface area contributed by atoms with Crippen LogP contribution in [0.3, 0.4) is 0 Å². The molecule has 0 aliphatic rings. The van der Waals surface area contributed by atoms with Crippen molar-refractivity contribution in [2.75, 3.05) is 4.90 Å². The lowest BCUT2D eigenvalue weighted by Crippen LogP contribution is -2.60. The van der Waals surface area contributed by atoms with Gasteiger partial charge in [0.05, 0.1) is 11.3 Å². The van der Waals surface area contributed by atoms with E-state index in [2.05, 4.69) is 0 Å². The lowest BCUT2D eigenvalue weighted by molar-refractivity contribution is -0.273. The van der Waals surface area contributed by atoms with Crippen LogP contribution in [-0.4, -0.2) is 50.3 Å². The zero-order valence-corrected chi connectivity index (χ0v) is 17.2. The quantitative estimate of drug-likeness (QED) is 0.424. The van der Waals surface area contributed by atoms with Crippen LogP contribution in [0.4, 0.5) is 49.6 Å². The Morgan fingerprint density at radius 3 is 1.34 bits per heavy atom. The molecule has 0 unspecified atom stereocenters. The maximum Gasteiger partial charge on any atom is 0.463 e. The zero-order chi connectivity index (χ0) is 25.5. The zero-order valence-electron chi connectivity index (χ0n) is 16.2. The Kier molecular flexibility index (Phi) is 7.16. The number of halogens is 10. The molecule has 0 heterocycles. The lowest BCUT2D eigenvalue weighted by atomic mass is 10.1. The molecule has 1 aromatic carbocycles. The van der Waals surface area contributed by atoms with E-state index in [0.717, 1.165) is 0 Å². The topological polar surface area (TPSA) is 63.7 Å². The monoisotopic (exact) mass is 501 g/mol. The van der Waals surface area contributed by atoms with Crippen LogP contribution in [0.1, 0.15) is 10.4 Å². The molecule has 1 aromatic rings. The van der Waals surface area contributed by atoms with Crippen LogP contribution >= 0.6 is 0 Å². The molecule has 0 fully saturated rings. The van der Waals surface area contributed by atoms with Gasteiger partial charge in [0.25, 0.3) is 0 Å². The van der Waals surface area contributed by atoms with E-state index in [1.54, 1.807) is 19.6 Å². The van der Waals surface area contributed by atoms with E-state index in [9.17, 15) is 58.3 Å². The molecular weight excluding hydrogens is 488 g/mol. The molecule has 0 atom stereocenters. The van der Waals surface area contributed by atoms with Gasteiger partial charge in [-0.05, 0) is 43.9 Å². The number of alkyl halides is 10. The number of rotatable bonds is 5. The van der Waals surface area contributed by atoms with Gasteiger partial charge in [-0.15, -0.1) is 0 Å². The maximum absolute atomic E-state index is 13.4. The van der Waals surface area contributed by atoms with E-state index in [1.165, 1.54) is 0 Å². The molecule has 16 heteroatoms. The number of hydrogen-bond donors (Lipinski definition) is 0. The average molecular weight is 501 g/mol. The van der Waals surface area contributed by atoms with Crippen molar-refractivity contribution in [3.63, 3.8) is 0 Å². The van der Waals surface area contributed by atoms with Crippen molar-refractivity contribution in [2.45, 2.75) is 43.8 Å². The fourth-order valence-corrected chi connectivity index (χ4v) is 2.61. The van der Waals surface area contributed by atoms with Gasteiger partial charge in [0, 0.05) is 0 Å². The average Bonchev–Trinajstić information content (AvgIpc) is 2.58. The Balaban J connectivity index is 3.57. The summed E-state index contributed by atoms with van der Waals surface area (Å²) in [5.74, 6) is -21.4. The number of amides is 2. The van der Waals surface area contributed by atoms with E-state index in [-0.39, 0.29) is 12.1 Å². The number of anilines is 1. The molecule has 0 N–H and O–H groups in total. The molecule has 0 bridgehead atoms. The third-order valence-corrected chi connectivity index (χ3v) is 4.21. The Labute approximate surface area is 174 Å². The smallest absolute Gasteiger partial charge is 0.463 e. The van der Waals surface area contributed by atoms with Crippen LogP contribution in [0, 0.1) is 0 Å². The number of carbonyl (C=O) groups excluding carboxylic acids is 3. The Hall–Kier alpha value is -2.65. The van der Waals surface area contributed by atoms with E-state index in [0.29, 0.717) is 12.1 Å². The van der Waals surface area contributed by atoms with Gasteiger partial charge >= 0.3 is 42.0 Å². The summed E-state index contributed by atoms with van der Waals surface area (Å²) in [6, 6.07) is 1.66. The normalized spacial score (nSPS) is 13.5. The molecule has 0 aliphatic carbocycles. The lowest BCUT2D eigenvalue weighted by Gasteiger charge is -2.30. The highest BCUT2D eigenvalue weighted by Gasteiger charge is 2.70. The van der Waals surface area contributed by atoms with Crippen molar-refractivity contribution in [1.82, 2.24) is 0 Å². The second-order valence-corrected chi connectivity index (χ2v) is 11.6.